The maximum atomic E-state index is 13.3. The van der Waals surface area contributed by atoms with Crippen molar-refractivity contribution in [2.75, 3.05) is 5.73 Å². The van der Waals surface area contributed by atoms with Gasteiger partial charge in [0.25, 0.3) is 0 Å². The van der Waals surface area contributed by atoms with Crippen LogP contribution in [0.15, 0.2) is 36.4 Å². The summed E-state index contributed by atoms with van der Waals surface area (Å²) in [5.74, 6) is -0.302. The minimum Gasteiger partial charge on any atom is -0.487 e. The van der Waals surface area contributed by atoms with Crippen molar-refractivity contribution in [2.45, 2.75) is 6.61 Å². The fraction of sp³-hybridized carbons (Fsp3) is 0.0769. The fourth-order valence-electron chi connectivity index (χ4n) is 1.46. The van der Waals surface area contributed by atoms with E-state index in [2.05, 4.69) is 0 Å². The van der Waals surface area contributed by atoms with E-state index in [9.17, 15) is 4.39 Å². The highest BCUT2D eigenvalue weighted by atomic mass is 35.5. The number of ether oxygens (including phenoxy) is 1. The largest absolute Gasteiger partial charge is 0.487 e. The summed E-state index contributed by atoms with van der Waals surface area (Å²) in [6, 6.07) is 9.69. The van der Waals surface area contributed by atoms with Crippen LogP contribution in [-0.4, -0.2) is 0 Å². The number of halogens is 3. The van der Waals surface area contributed by atoms with Gasteiger partial charge in [0.15, 0.2) is 0 Å². The quantitative estimate of drug-likeness (QED) is 0.854. The van der Waals surface area contributed by atoms with Crippen molar-refractivity contribution in [3.63, 3.8) is 0 Å². The summed E-state index contributed by atoms with van der Waals surface area (Å²) in [5.41, 5.74) is 6.85. The molecule has 0 atom stereocenters. The first kappa shape index (κ1) is 13.0. The van der Waals surface area contributed by atoms with Crippen molar-refractivity contribution in [2.24, 2.45) is 0 Å². The Bertz CT molecular complexity index is 575. The number of anilines is 1. The van der Waals surface area contributed by atoms with E-state index < -0.39 is 5.82 Å². The average Bonchev–Trinajstić information content (AvgIpc) is 2.32. The maximum absolute atomic E-state index is 13.3. The molecule has 2 N–H and O–H groups in total. The Morgan fingerprint density at radius 1 is 1.17 bits per heavy atom. The predicted octanol–water partition coefficient (Wildman–Crippen LogP) is 4.29. The SMILES string of the molecule is Nc1cc(Cl)c(F)cc1OCc1cccc(Cl)c1. The number of benzene rings is 2. The van der Waals surface area contributed by atoms with Gasteiger partial charge >= 0.3 is 0 Å². The zero-order valence-electron chi connectivity index (χ0n) is 9.29. The van der Waals surface area contributed by atoms with Crippen molar-refractivity contribution >= 4 is 28.9 Å². The van der Waals surface area contributed by atoms with Crippen LogP contribution in [0.4, 0.5) is 10.1 Å². The first-order valence-electron chi connectivity index (χ1n) is 5.18. The molecule has 5 heteroatoms. The molecule has 0 saturated carbocycles. The van der Waals surface area contributed by atoms with Gasteiger partial charge in [-0.1, -0.05) is 35.3 Å². The monoisotopic (exact) mass is 285 g/mol. The number of rotatable bonds is 3. The van der Waals surface area contributed by atoms with E-state index in [-0.39, 0.29) is 17.4 Å². The second-order valence-corrected chi connectivity index (χ2v) is 4.57. The summed E-state index contributed by atoms with van der Waals surface area (Å²) in [4.78, 5) is 0. The van der Waals surface area contributed by atoms with E-state index in [0.717, 1.165) is 5.56 Å². The minimum atomic E-state index is -0.563. The lowest BCUT2D eigenvalue weighted by molar-refractivity contribution is 0.306. The normalized spacial score (nSPS) is 10.4. The predicted molar refractivity (Wildman–Crippen MR) is 71.6 cm³/mol. The first-order chi connectivity index (χ1) is 8.56. The standard InChI is InChI=1S/C13H10Cl2FNO/c14-9-3-1-2-8(4-9)7-18-13-6-11(16)10(15)5-12(13)17/h1-6H,7,17H2. The minimum absolute atomic E-state index is 0.0254. The summed E-state index contributed by atoms with van der Waals surface area (Å²) in [7, 11) is 0. The Hall–Kier alpha value is -1.45. The summed E-state index contributed by atoms with van der Waals surface area (Å²) in [6.07, 6.45) is 0. The zero-order chi connectivity index (χ0) is 13.1. The van der Waals surface area contributed by atoms with Crippen LogP contribution in [0.3, 0.4) is 0 Å². The van der Waals surface area contributed by atoms with E-state index in [0.29, 0.717) is 10.7 Å². The molecule has 94 valence electrons. The molecule has 0 spiro atoms. The molecule has 2 aromatic carbocycles. The molecule has 0 fully saturated rings. The lowest BCUT2D eigenvalue weighted by Crippen LogP contribution is -1.99. The second kappa shape index (κ2) is 5.46. The van der Waals surface area contributed by atoms with E-state index in [4.69, 9.17) is 33.7 Å². The molecular weight excluding hydrogens is 276 g/mol. The van der Waals surface area contributed by atoms with Crippen LogP contribution in [0, 0.1) is 5.82 Å². The number of nitrogens with two attached hydrogens (primary N) is 1. The lowest BCUT2D eigenvalue weighted by atomic mass is 10.2. The number of nitrogen functional groups attached to an aromatic ring is 1. The van der Waals surface area contributed by atoms with Crippen LogP contribution < -0.4 is 10.5 Å². The van der Waals surface area contributed by atoms with Gasteiger partial charge in [-0.15, -0.1) is 0 Å². The highest BCUT2D eigenvalue weighted by Crippen LogP contribution is 2.28. The molecule has 0 radical (unpaired) electrons. The molecular formula is C13H10Cl2FNO. The molecule has 0 aliphatic rings. The topological polar surface area (TPSA) is 35.2 Å². The van der Waals surface area contributed by atoms with Gasteiger partial charge in [-0.25, -0.2) is 4.39 Å². The highest BCUT2D eigenvalue weighted by molar-refractivity contribution is 6.31. The van der Waals surface area contributed by atoms with Crippen molar-refractivity contribution in [3.05, 3.63) is 57.8 Å². The van der Waals surface area contributed by atoms with Gasteiger partial charge in [0, 0.05) is 11.1 Å². The lowest BCUT2D eigenvalue weighted by Gasteiger charge is -2.10. The molecule has 2 nitrogen and oxygen atoms in total. The molecule has 2 rings (SSSR count). The molecule has 2 aromatic rings. The molecule has 0 aliphatic carbocycles. The van der Waals surface area contributed by atoms with Crippen LogP contribution in [0.1, 0.15) is 5.56 Å². The maximum Gasteiger partial charge on any atom is 0.145 e. The molecule has 0 aliphatic heterocycles. The average molecular weight is 286 g/mol. The summed E-state index contributed by atoms with van der Waals surface area (Å²) in [5, 5.41) is 0.592. The molecule has 18 heavy (non-hydrogen) atoms. The molecule has 0 bridgehead atoms. The second-order valence-electron chi connectivity index (χ2n) is 3.72. The van der Waals surface area contributed by atoms with Crippen LogP contribution in [-0.2, 0) is 6.61 Å². The number of hydrogen-bond donors (Lipinski definition) is 1. The summed E-state index contributed by atoms with van der Waals surface area (Å²) < 4.78 is 18.7. The number of hydrogen-bond acceptors (Lipinski definition) is 2. The Morgan fingerprint density at radius 2 is 1.94 bits per heavy atom. The third-order valence-corrected chi connectivity index (χ3v) is 2.86. The Labute approximate surface area is 114 Å². The van der Waals surface area contributed by atoms with E-state index >= 15 is 0 Å². The molecule has 0 amide bonds. The van der Waals surface area contributed by atoms with Crippen LogP contribution in [0.2, 0.25) is 10.0 Å². The fourth-order valence-corrected chi connectivity index (χ4v) is 1.84. The Kier molecular flexibility index (Phi) is 3.94. The third kappa shape index (κ3) is 3.06. The van der Waals surface area contributed by atoms with Crippen LogP contribution >= 0.6 is 23.2 Å². The van der Waals surface area contributed by atoms with Gasteiger partial charge in [0.05, 0.1) is 10.7 Å². The highest BCUT2D eigenvalue weighted by Gasteiger charge is 2.07. The van der Waals surface area contributed by atoms with E-state index in [1.54, 1.807) is 12.1 Å². The van der Waals surface area contributed by atoms with Gasteiger partial charge in [-0.3, -0.25) is 0 Å². The van der Waals surface area contributed by atoms with Crippen molar-refractivity contribution < 1.29 is 9.13 Å². The van der Waals surface area contributed by atoms with Gasteiger partial charge in [0.1, 0.15) is 18.2 Å². The molecule has 0 saturated heterocycles. The summed E-state index contributed by atoms with van der Waals surface area (Å²) >= 11 is 11.4. The molecule has 0 heterocycles. The first-order valence-corrected chi connectivity index (χ1v) is 5.93. The van der Waals surface area contributed by atoms with Crippen LogP contribution in [0.5, 0.6) is 5.75 Å². The van der Waals surface area contributed by atoms with Gasteiger partial charge in [-0.2, -0.15) is 0 Å². The van der Waals surface area contributed by atoms with Crippen molar-refractivity contribution in [1.29, 1.82) is 0 Å². The van der Waals surface area contributed by atoms with Gasteiger partial charge in [0.2, 0.25) is 0 Å². The Morgan fingerprint density at radius 3 is 2.67 bits per heavy atom. The van der Waals surface area contributed by atoms with Gasteiger partial charge in [-0.05, 0) is 23.8 Å². The van der Waals surface area contributed by atoms with Crippen molar-refractivity contribution in [1.82, 2.24) is 0 Å². The van der Waals surface area contributed by atoms with Crippen LogP contribution in [0.25, 0.3) is 0 Å². The Balaban J connectivity index is 2.13. The third-order valence-electron chi connectivity index (χ3n) is 2.34. The molecule has 0 unspecified atom stereocenters. The molecule has 0 aromatic heterocycles. The zero-order valence-corrected chi connectivity index (χ0v) is 10.8. The van der Waals surface area contributed by atoms with Crippen molar-refractivity contribution in [3.8, 4) is 5.75 Å². The smallest absolute Gasteiger partial charge is 0.145 e. The van der Waals surface area contributed by atoms with E-state index in [1.165, 1.54) is 12.1 Å². The van der Waals surface area contributed by atoms with E-state index in [1.807, 2.05) is 12.1 Å². The van der Waals surface area contributed by atoms with Gasteiger partial charge < -0.3 is 10.5 Å². The summed E-state index contributed by atoms with van der Waals surface area (Å²) in [6.45, 7) is 0.256.